The Hall–Kier alpha value is -4.73. The summed E-state index contributed by atoms with van der Waals surface area (Å²) in [5.74, 6) is -2.26. The summed E-state index contributed by atoms with van der Waals surface area (Å²) in [7, 11) is 0. The highest BCUT2D eigenvalue weighted by Crippen LogP contribution is 2.55. The van der Waals surface area contributed by atoms with Gasteiger partial charge in [-0.15, -0.1) is 0 Å². The minimum Gasteiger partial charge on any atom is -0.351 e. The zero-order chi connectivity index (χ0) is 27.7. The van der Waals surface area contributed by atoms with E-state index in [4.69, 9.17) is 0 Å². The molecule has 2 aromatic heterocycles. The first-order valence-corrected chi connectivity index (χ1v) is 13.4. The Balaban J connectivity index is 1.19. The number of nitrogens with one attached hydrogen (secondary N) is 4. The lowest BCUT2D eigenvalue weighted by molar-refractivity contribution is -0.140. The van der Waals surface area contributed by atoms with Gasteiger partial charge in [-0.1, -0.05) is 48.5 Å². The van der Waals surface area contributed by atoms with Gasteiger partial charge in [-0.25, -0.2) is 0 Å². The van der Waals surface area contributed by atoms with Crippen molar-refractivity contribution in [2.24, 2.45) is 5.41 Å². The maximum absolute atomic E-state index is 13.7. The van der Waals surface area contributed by atoms with E-state index in [0.29, 0.717) is 24.4 Å². The molecule has 204 valence electrons. The lowest BCUT2D eigenvalue weighted by Gasteiger charge is -2.25. The summed E-state index contributed by atoms with van der Waals surface area (Å²) in [6, 6.07) is 18.5. The Morgan fingerprint density at radius 1 is 1.02 bits per heavy atom. The fourth-order valence-electron chi connectivity index (χ4n) is 5.50. The third kappa shape index (κ3) is 5.25. The number of para-hydroxylation sites is 1. The molecule has 1 aliphatic carbocycles. The molecule has 3 heterocycles. The van der Waals surface area contributed by atoms with E-state index in [-0.39, 0.29) is 24.3 Å². The first-order chi connectivity index (χ1) is 19.4. The Labute approximate surface area is 230 Å². The smallest absolute Gasteiger partial charge is 0.289 e. The van der Waals surface area contributed by atoms with Crippen LogP contribution in [-0.2, 0) is 27.3 Å². The van der Waals surface area contributed by atoms with Gasteiger partial charge in [0.2, 0.25) is 11.7 Å². The summed E-state index contributed by atoms with van der Waals surface area (Å²) in [6.07, 6.45) is 4.08. The number of fused-ring (bicyclic) bond motifs is 1. The summed E-state index contributed by atoms with van der Waals surface area (Å²) < 4.78 is 0. The molecule has 4 aromatic rings. The summed E-state index contributed by atoms with van der Waals surface area (Å²) in [6.45, 7) is 0.668. The predicted octanol–water partition coefficient (Wildman–Crippen LogP) is 2.50. The zero-order valence-electron chi connectivity index (χ0n) is 21.9. The Bertz CT molecular complexity index is 1520. The van der Waals surface area contributed by atoms with Gasteiger partial charge in [0.1, 0.15) is 17.8 Å². The van der Waals surface area contributed by atoms with E-state index < -0.39 is 29.7 Å². The van der Waals surface area contributed by atoms with E-state index in [9.17, 15) is 19.2 Å². The van der Waals surface area contributed by atoms with Crippen molar-refractivity contribution in [1.82, 2.24) is 30.7 Å². The highest BCUT2D eigenvalue weighted by Gasteiger charge is 2.55. The van der Waals surface area contributed by atoms with E-state index in [1.807, 2.05) is 54.6 Å². The second-order valence-corrected chi connectivity index (χ2v) is 10.8. The van der Waals surface area contributed by atoms with Crippen molar-refractivity contribution >= 4 is 34.4 Å². The van der Waals surface area contributed by atoms with Crippen LogP contribution in [0.4, 0.5) is 0 Å². The van der Waals surface area contributed by atoms with Crippen molar-refractivity contribution in [3.63, 3.8) is 0 Å². The molecule has 1 spiro atoms. The first-order valence-electron chi connectivity index (χ1n) is 13.4. The largest absolute Gasteiger partial charge is 0.351 e. The van der Waals surface area contributed by atoms with Gasteiger partial charge in [-0.2, -0.15) is 5.10 Å². The minimum atomic E-state index is -1.13. The molecule has 2 atom stereocenters. The number of rotatable bonds is 9. The number of benzene rings is 2. The zero-order valence-corrected chi connectivity index (χ0v) is 21.9. The SMILES string of the molecule is O=C(NCc1ccccc1)C(=O)C(Cc1cc[nH]n1)NC(=O)[C@@H]1CC2(CC2)CN1C(=O)c1cc2ccccc2[nH]1. The molecule has 1 saturated heterocycles. The van der Waals surface area contributed by atoms with E-state index in [1.165, 1.54) is 0 Å². The molecule has 10 nitrogen and oxygen atoms in total. The molecule has 1 unspecified atom stereocenters. The molecular weight excluding hydrogens is 508 g/mol. The van der Waals surface area contributed by atoms with Crippen molar-refractivity contribution < 1.29 is 19.2 Å². The van der Waals surface area contributed by atoms with E-state index in [2.05, 4.69) is 25.8 Å². The van der Waals surface area contributed by atoms with Gasteiger partial charge in [-0.3, -0.25) is 24.3 Å². The molecule has 6 rings (SSSR count). The minimum absolute atomic E-state index is 0.0423. The number of aromatic nitrogens is 3. The first kappa shape index (κ1) is 25.5. The highest BCUT2D eigenvalue weighted by atomic mass is 16.2. The summed E-state index contributed by atoms with van der Waals surface area (Å²) in [4.78, 5) is 58.2. The second-order valence-electron chi connectivity index (χ2n) is 10.8. The van der Waals surface area contributed by atoms with Gasteiger partial charge in [-0.05, 0) is 48.4 Å². The molecule has 40 heavy (non-hydrogen) atoms. The Kier molecular flexibility index (Phi) is 6.67. The number of hydrogen-bond acceptors (Lipinski definition) is 5. The van der Waals surface area contributed by atoms with Crippen LogP contribution in [0.15, 0.2) is 72.9 Å². The van der Waals surface area contributed by atoms with Gasteiger partial charge in [0.05, 0.1) is 5.69 Å². The van der Waals surface area contributed by atoms with Gasteiger partial charge in [0, 0.05) is 36.6 Å². The van der Waals surface area contributed by atoms with Crippen molar-refractivity contribution in [3.05, 3.63) is 89.9 Å². The molecule has 2 aromatic carbocycles. The number of hydrogen-bond donors (Lipinski definition) is 4. The fraction of sp³-hybridized carbons (Fsp3) is 0.300. The number of amides is 3. The summed E-state index contributed by atoms with van der Waals surface area (Å²) in [5.41, 5.74) is 2.58. The summed E-state index contributed by atoms with van der Waals surface area (Å²) in [5, 5.41) is 13.2. The molecule has 1 saturated carbocycles. The second kappa shape index (κ2) is 10.4. The Morgan fingerprint density at radius 3 is 2.52 bits per heavy atom. The number of carbonyl (C=O) groups is 4. The fourth-order valence-corrected chi connectivity index (χ4v) is 5.50. The average Bonchev–Trinajstić information content (AvgIpc) is 3.33. The number of nitrogens with zero attached hydrogens (tertiary/aromatic N) is 2. The topological polar surface area (TPSA) is 140 Å². The molecule has 1 aliphatic heterocycles. The van der Waals surface area contributed by atoms with Gasteiger partial charge < -0.3 is 20.5 Å². The molecular formula is C30H30N6O4. The van der Waals surface area contributed by atoms with Crippen molar-refractivity contribution in [3.8, 4) is 0 Å². The van der Waals surface area contributed by atoms with E-state index in [1.54, 1.807) is 23.2 Å². The molecule has 0 radical (unpaired) electrons. The molecule has 0 bridgehead atoms. The number of likely N-dealkylation sites (tertiary alicyclic amines) is 1. The quantitative estimate of drug-likeness (QED) is 0.243. The standard InChI is InChI=1S/C30H30N6O4/c37-26(28(39)31-17-19-6-2-1-3-7-19)23(15-21-10-13-32-35-21)34-27(38)25-16-30(11-12-30)18-36(25)29(40)24-14-20-8-4-5-9-22(20)33-24/h1-10,13-14,23,25,33H,11-12,15-18H2,(H,31,39)(H,32,35)(H,34,38)/t23?,25-/m0/s1. The van der Waals surface area contributed by atoms with Crippen LogP contribution in [0.25, 0.3) is 10.9 Å². The molecule has 3 amide bonds. The normalized spacial score (nSPS) is 18.0. The van der Waals surface area contributed by atoms with Crippen molar-refractivity contribution in [2.75, 3.05) is 6.54 Å². The number of ketones is 1. The molecule has 2 fully saturated rings. The third-order valence-electron chi connectivity index (χ3n) is 7.91. The highest BCUT2D eigenvalue weighted by molar-refractivity contribution is 6.38. The van der Waals surface area contributed by atoms with Crippen LogP contribution >= 0.6 is 0 Å². The van der Waals surface area contributed by atoms with Crippen molar-refractivity contribution in [1.29, 1.82) is 0 Å². The maximum atomic E-state index is 13.7. The number of H-pyrrole nitrogens is 2. The number of aromatic amines is 2. The van der Waals surface area contributed by atoms with E-state index >= 15 is 0 Å². The van der Waals surface area contributed by atoms with Crippen molar-refractivity contribution in [2.45, 2.75) is 44.3 Å². The van der Waals surface area contributed by atoms with E-state index in [0.717, 1.165) is 29.3 Å². The molecule has 2 aliphatic rings. The lowest BCUT2D eigenvalue weighted by Crippen LogP contribution is -2.54. The average molecular weight is 539 g/mol. The van der Waals surface area contributed by atoms with Crippen LogP contribution in [0, 0.1) is 5.41 Å². The van der Waals surface area contributed by atoms with Gasteiger partial charge in [0.25, 0.3) is 11.8 Å². The predicted molar refractivity (Wildman–Crippen MR) is 147 cm³/mol. The van der Waals surface area contributed by atoms with Gasteiger partial charge >= 0.3 is 0 Å². The lowest BCUT2D eigenvalue weighted by atomic mass is 10.0. The monoisotopic (exact) mass is 538 g/mol. The third-order valence-corrected chi connectivity index (χ3v) is 7.91. The van der Waals surface area contributed by atoms with Gasteiger partial charge in [0.15, 0.2) is 0 Å². The van der Waals surface area contributed by atoms with Crippen LogP contribution in [0.2, 0.25) is 0 Å². The van der Waals surface area contributed by atoms with Crippen LogP contribution in [0.5, 0.6) is 0 Å². The molecule has 10 heteroatoms. The maximum Gasteiger partial charge on any atom is 0.289 e. The number of Topliss-reactive ketones (excluding diaryl/α,β-unsaturated/α-hetero) is 1. The van der Waals surface area contributed by atoms with Crippen LogP contribution in [0.3, 0.4) is 0 Å². The van der Waals surface area contributed by atoms with Crippen LogP contribution in [0.1, 0.15) is 41.0 Å². The Morgan fingerprint density at radius 2 is 1.80 bits per heavy atom. The summed E-state index contributed by atoms with van der Waals surface area (Å²) >= 11 is 0. The molecule has 4 N–H and O–H groups in total. The van der Waals surface area contributed by atoms with Crippen LogP contribution in [-0.4, -0.2) is 62.2 Å². The van der Waals surface area contributed by atoms with Crippen LogP contribution < -0.4 is 10.6 Å². The number of carbonyl (C=O) groups excluding carboxylic acids is 4.